The summed E-state index contributed by atoms with van der Waals surface area (Å²) in [5.74, 6) is -0.307. The number of aromatic nitrogens is 2. The SMILES string of the molecule is CCCCc1nn(C)c(COCc2ccccc2)c1Cc1ccc(-c2ccccc2C(=O)OC(C)(C)C)cc1. The average Bonchev–Trinajstić information content (AvgIpc) is 3.21. The summed E-state index contributed by atoms with van der Waals surface area (Å²) >= 11 is 0. The molecule has 0 unspecified atom stereocenters. The molecule has 0 radical (unpaired) electrons. The molecule has 0 fully saturated rings. The van der Waals surface area contributed by atoms with Crippen molar-refractivity contribution in [1.29, 1.82) is 0 Å². The van der Waals surface area contributed by atoms with Crippen molar-refractivity contribution in [2.45, 2.75) is 72.2 Å². The van der Waals surface area contributed by atoms with Gasteiger partial charge in [0.15, 0.2) is 0 Å². The van der Waals surface area contributed by atoms with E-state index in [4.69, 9.17) is 14.6 Å². The van der Waals surface area contributed by atoms with Gasteiger partial charge in [-0.05, 0) is 61.9 Å². The lowest BCUT2D eigenvalue weighted by molar-refractivity contribution is 0.00704. The Labute approximate surface area is 232 Å². The van der Waals surface area contributed by atoms with Crippen LogP contribution in [-0.4, -0.2) is 21.4 Å². The molecule has 0 aliphatic carbocycles. The molecule has 5 heteroatoms. The number of esters is 1. The van der Waals surface area contributed by atoms with E-state index < -0.39 is 5.60 Å². The molecule has 4 aromatic rings. The molecule has 3 aromatic carbocycles. The number of carbonyl (C=O) groups is 1. The lowest BCUT2D eigenvalue weighted by Crippen LogP contribution is -2.24. The number of nitrogens with zero attached hydrogens (tertiary/aromatic N) is 2. The number of aryl methyl sites for hydroxylation is 2. The molecule has 39 heavy (non-hydrogen) atoms. The minimum absolute atomic E-state index is 0.307. The van der Waals surface area contributed by atoms with Crippen LogP contribution in [0.15, 0.2) is 78.9 Å². The summed E-state index contributed by atoms with van der Waals surface area (Å²) in [6, 6.07) is 26.3. The van der Waals surface area contributed by atoms with Crippen LogP contribution in [0.1, 0.15) is 79.0 Å². The molecule has 4 rings (SSSR count). The topological polar surface area (TPSA) is 53.4 Å². The fraction of sp³-hybridized carbons (Fsp3) is 0.353. The second-order valence-electron chi connectivity index (χ2n) is 11.0. The first-order chi connectivity index (χ1) is 18.7. The highest BCUT2D eigenvalue weighted by atomic mass is 16.6. The van der Waals surface area contributed by atoms with E-state index >= 15 is 0 Å². The lowest BCUT2D eigenvalue weighted by atomic mass is 9.96. The van der Waals surface area contributed by atoms with Crippen molar-refractivity contribution >= 4 is 5.97 Å². The minimum atomic E-state index is -0.546. The fourth-order valence-electron chi connectivity index (χ4n) is 4.69. The molecule has 5 nitrogen and oxygen atoms in total. The normalized spacial score (nSPS) is 11.5. The third-order valence-electron chi connectivity index (χ3n) is 6.67. The maximum atomic E-state index is 12.9. The third kappa shape index (κ3) is 7.67. The molecule has 0 amide bonds. The van der Waals surface area contributed by atoms with Gasteiger partial charge in [0.25, 0.3) is 0 Å². The summed E-state index contributed by atoms with van der Waals surface area (Å²) in [4.78, 5) is 12.9. The van der Waals surface area contributed by atoms with E-state index in [-0.39, 0.29) is 5.97 Å². The molecule has 0 saturated heterocycles. The Balaban J connectivity index is 1.55. The van der Waals surface area contributed by atoms with E-state index in [1.807, 2.05) is 75.0 Å². The van der Waals surface area contributed by atoms with Crippen LogP contribution in [-0.2, 0) is 42.6 Å². The summed E-state index contributed by atoms with van der Waals surface area (Å²) < 4.78 is 13.8. The Morgan fingerprint density at radius 1 is 0.872 bits per heavy atom. The van der Waals surface area contributed by atoms with Crippen molar-refractivity contribution in [3.63, 3.8) is 0 Å². The zero-order valence-corrected chi connectivity index (χ0v) is 23.9. The summed E-state index contributed by atoms with van der Waals surface area (Å²) in [6.07, 6.45) is 3.97. The minimum Gasteiger partial charge on any atom is -0.456 e. The molecule has 0 atom stereocenters. The highest BCUT2D eigenvalue weighted by molar-refractivity contribution is 5.97. The molecular formula is C34H40N2O3. The fourth-order valence-corrected chi connectivity index (χ4v) is 4.69. The monoisotopic (exact) mass is 524 g/mol. The molecule has 0 aliphatic rings. The van der Waals surface area contributed by atoms with Gasteiger partial charge in [0, 0.05) is 19.0 Å². The molecule has 1 heterocycles. The zero-order chi connectivity index (χ0) is 27.8. The number of ether oxygens (including phenoxy) is 2. The van der Waals surface area contributed by atoms with Crippen LogP contribution in [0.2, 0.25) is 0 Å². The second kappa shape index (κ2) is 12.9. The van der Waals surface area contributed by atoms with Gasteiger partial charge < -0.3 is 9.47 Å². The molecule has 204 valence electrons. The average molecular weight is 525 g/mol. The number of hydrogen-bond donors (Lipinski definition) is 0. The van der Waals surface area contributed by atoms with Gasteiger partial charge in [-0.1, -0.05) is 86.1 Å². The Hall–Kier alpha value is -3.70. The van der Waals surface area contributed by atoms with Crippen molar-refractivity contribution in [1.82, 2.24) is 9.78 Å². The Kier molecular flexibility index (Phi) is 9.36. The van der Waals surface area contributed by atoms with Crippen LogP contribution in [0.5, 0.6) is 0 Å². The second-order valence-corrected chi connectivity index (χ2v) is 11.0. The van der Waals surface area contributed by atoms with Gasteiger partial charge in [-0.2, -0.15) is 5.10 Å². The predicted molar refractivity (Wildman–Crippen MR) is 157 cm³/mol. The van der Waals surface area contributed by atoms with E-state index in [9.17, 15) is 4.79 Å². The summed E-state index contributed by atoms with van der Waals surface area (Å²) in [6.45, 7) is 8.95. The van der Waals surface area contributed by atoms with Crippen molar-refractivity contribution in [2.24, 2.45) is 7.05 Å². The van der Waals surface area contributed by atoms with Crippen molar-refractivity contribution < 1.29 is 14.3 Å². The van der Waals surface area contributed by atoms with Gasteiger partial charge in [-0.25, -0.2) is 4.79 Å². The first kappa shape index (κ1) is 28.3. The standard InChI is InChI=1S/C34H40N2O3/c1-6-7-17-31-30(32(36(5)35-31)24-38-23-26-13-9-8-10-14-26)22-25-18-20-27(21-19-25)28-15-11-12-16-29(28)33(37)39-34(2,3)4/h8-16,18-21H,6-7,17,22-24H2,1-5H3. The van der Waals surface area contributed by atoms with Gasteiger partial charge in [0.1, 0.15) is 5.60 Å². The van der Waals surface area contributed by atoms with Crippen molar-refractivity contribution in [2.75, 3.05) is 0 Å². The van der Waals surface area contributed by atoms with Crippen LogP contribution < -0.4 is 0 Å². The zero-order valence-electron chi connectivity index (χ0n) is 23.9. The molecule has 0 spiro atoms. The molecule has 1 aromatic heterocycles. The van der Waals surface area contributed by atoms with Gasteiger partial charge in [0.05, 0.1) is 30.2 Å². The van der Waals surface area contributed by atoms with E-state index in [0.29, 0.717) is 18.8 Å². The van der Waals surface area contributed by atoms with Crippen LogP contribution in [0.25, 0.3) is 11.1 Å². The van der Waals surface area contributed by atoms with E-state index in [2.05, 4.69) is 43.3 Å². The Bertz CT molecular complexity index is 1370. The summed E-state index contributed by atoms with van der Waals surface area (Å²) in [5.41, 5.74) is 7.78. The van der Waals surface area contributed by atoms with Crippen molar-refractivity contribution in [3.05, 3.63) is 113 Å². The molecular weight excluding hydrogens is 484 g/mol. The highest BCUT2D eigenvalue weighted by Gasteiger charge is 2.21. The Morgan fingerprint density at radius 2 is 1.56 bits per heavy atom. The van der Waals surface area contributed by atoms with Gasteiger partial charge in [-0.15, -0.1) is 0 Å². The first-order valence-corrected chi connectivity index (χ1v) is 13.8. The van der Waals surface area contributed by atoms with E-state index in [0.717, 1.165) is 53.8 Å². The highest BCUT2D eigenvalue weighted by Crippen LogP contribution is 2.28. The van der Waals surface area contributed by atoms with Crippen LogP contribution >= 0.6 is 0 Å². The maximum absolute atomic E-state index is 12.9. The van der Waals surface area contributed by atoms with Crippen molar-refractivity contribution in [3.8, 4) is 11.1 Å². The molecule has 0 aliphatic heterocycles. The number of rotatable bonds is 11. The van der Waals surface area contributed by atoms with E-state index in [1.165, 1.54) is 11.1 Å². The summed E-state index contributed by atoms with van der Waals surface area (Å²) in [5, 5.41) is 4.88. The number of hydrogen-bond acceptors (Lipinski definition) is 4. The van der Waals surface area contributed by atoms with Gasteiger partial charge >= 0.3 is 5.97 Å². The lowest BCUT2D eigenvalue weighted by Gasteiger charge is -2.20. The number of unbranched alkanes of at least 4 members (excludes halogenated alkanes) is 1. The smallest absolute Gasteiger partial charge is 0.339 e. The predicted octanol–water partition coefficient (Wildman–Crippen LogP) is 7.69. The van der Waals surface area contributed by atoms with Gasteiger partial charge in [-0.3, -0.25) is 4.68 Å². The molecule has 0 saturated carbocycles. The molecule has 0 bridgehead atoms. The van der Waals surface area contributed by atoms with Crippen LogP contribution in [0, 0.1) is 0 Å². The molecule has 0 N–H and O–H groups in total. The van der Waals surface area contributed by atoms with Crippen LogP contribution in [0.3, 0.4) is 0 Å². The van der Waals surface area contributed by atoms with E-state index in [1.54, 1.807) is 0 Å². The Morgan fingerprint density at radius 3 is 2.26 bits per heavy atom. The maximum Gasteiger partial charge on any atom is 0.339 e. The summed E-state index contributed by atoms with van der Waals surface area (Å²) in [7, 11) is 2.01. The third-order valence-corrected chi connectivity index (χ3v) is 6.67. The quantitative estimate of drug-likeness (QED) is 0.189. The number of carbonyl (C=O) groups excluding carboxylic acids is 1. The van der Waals surface area contributed by atoms with Gasteiger partial charge in [0.2, 0.25) is 0 Å². The number of benzene rings is 3. The first-order valence-electron chi connectivity index (χ1n) is 13.8. The largest absolute Gasteiger partial charge is 0.456 e. The van der Waals surface area contributed by atoms with Crippen LogP contribution in [0.4, 0.5) is 0 Å².